The molecule has 1 aromatic heterocycles. The van der Waals surface area contributed by atoms with E-state index in [1.165, 1.54) is 0 Å². The summed E-state index contributed by atoms with van der Waals surface area (Å²) >= 11 is 0. The topological polar surface area (TPSA) is 27.1 Å². The third-order valence-electron chi connectivity index (χ3n) is 2.32. The molecule has 0 aliphatic heterocycles. The number of hydrogen-bond donors (Lipinski definition) is 0. The summed E-state index contributed by atoms with van der Waals surface area (Å²) in [7, 11) is 0. The van der Waals surface area contributed by atoms with Gasteiger partial charge in [0.1, 0.15) is 0 Å². The van der Waals surface area contributed by atoms with E-state index in [1.54, 1.807) is 23.3 Å². The lowest BCUT2D eigenvalue weighted by Crippen LogP contribution is -2.36. The Morgan fingerprint density at radius 1 is 1.36 bits per heavy atom. The lowest BCUT2D eigenvalue weighted by Gasteiger charge is -2.35. The quantitative estimate of drug-likeness (QED) is 0.741. The van der Waals surface area contributed by atoms with Gasteiger partial charge in [-0.3, -0.25) is 4.74 Å². The van der Waals surface area contributed by atoms with E-state index in [0.29, 0.717) is 12.8 Å². The van der Waals surface area contributed by atoms with Crippen molar-refractivity contribution in [3.63, 3.8) is 0 Å². The molecule has 1 aliphatic rings. The van der Waals surface area contributed by atoms with Crippen LogP contribution in [0.15, 0.2) is 18.7 Å². The zero-order valence-electron chi connectivity index (χ0n) is 7.24. The van der Waals surface area contributed by atoms with Gasteiger partial charge in [0, 0.05) is 18.4 Å². The molecule has 2 rings (SSSR count). The van der Waals surface area contributed by atoms with Gasteiger partial charge in [-0.1, -0.05) is 0 Å². The van der Waals surface area contributed by atoms with Crippen molar-refractivity contribution in [3.8, 4) is 0 Å². The SMILES string of the molecule is FC(F)(F)OC1CC(n2ccnc2)C1. The molecule has 3 nitrogen and oxygen atoms in total. The first-order chi connectivity index (χ1) is 6.54. The van der Waals surface area contributed by atoms with Gasteiger partial charge in [-0.05, 0) is 12.8 Å². The van der Waals surface area contributed by atoms with Crippen LogP contribution in [-0.2, 0) is 4.74 Å². The predicted octanol–water partition coefficient (Wildman–Crippen LogP) is 2.12. The largest absolute Gasteiger partial charge is 0.522 e. The van der Waals surface area contributed by atoms with Gasteiger partial charge in [-0.25, -0.2) is 4.98 Å². The molecular formula is C8H9F3N2O. The highest BCUT2D eigenvalue weighted by molar-refractivity contribution is 4.90. The second-order valence-corrected chi connectivity index (χ2v) is 3.32. The highest BCUT2D eigenvalue weighted by atomic mass is 19.4. The van der Waals surface area contributed by atoms with Crippen LogP contribution in [0.2, 0.25) is 0 Å². The van der Waals surface area contributed by atoms with E-state index >= 15 is 0 Å². The number of aromatic nitrogens is 2. The van der Waals surface area contributed by atoms with Crippen molar-refractivity contribution in [2.75, 3.05) is 0 Å². The Hall–Kier alpha value is -1.04. The molecule has 78 valence electrons. The number of imidazole rings is 1. The van der Waals surface area contributed by atoms with Gasteiger partial charge in [-0.15, -0.1) is 13.2 Å². The van der Waals surface area contributed by atoms with Gasteiger partial charge in [-0.2, -0.15) is 0 Å². The van der Waals surface area contributed by atoms with E-state index < -0.39 is 12.5 Å². The van der Waals surface area contributed by atoms with Crippen LogP contribution in [0.5, 0.6) is 0 Å². The van der Waals surface area contributed by atoms with Gasteiger partial charge in [0.15, 0.2) is 0 Å². The Kier molecular flexibility index (Phi) is 2.22. The molecule has 1 saturated carbocycles. The fraction of sp³-hybridized carbons (Fsp3) is 0.625. The Balaban J connectivity index is 1.80. The molecule has 0 atom stereocenters. The number of ether oxygens (including phenoxy) is 1. The van der Waals surface area contributed by atoms with E-state index in [0.717, 1.165) is 0 Å². The molecule has 1 aliphatic carbocycles. The summed E-state index contributed by atoms with van der Waals surface area (Å²) in [5, 5.41) is 0. The molecule has 0 N–H and O–H groups in total. The molecule has 0 unspecified atom stereocenters. The highest BCUT2D eigenvalue weighted by Gasteiger charge is 2.40. The maximum Gasteiger partial charge on any atom is 0.522 e. The van der Waals surface area contributed by atoms with Crippen LogP contribution in [0.25, 0.3) is 0 Å². The minimum Gasteiger partial charge on any atom is -0.334 e. The lowest BCUT2D eigenvalue weighted by molar-refractivity contribution is -0.353. The number of nitrogens with zero attached hydrogens (tertiary/aromatic N) is 2. The second-order valence-electron chi connectivity index (χ2n) is 3.32. The van der Waals surface area contributed by atoms with Crippen LogP contribution in [0, 0.1) is 0 Å². The normalized spacial score (nSPS) is 27.4. The van der Waals surface area contributed by atoms with Crippen molar-refractivity contribution in [2.45, 2.75) is 31.3 Å². The zero-order valence-corrected chi connectivity index (χ0v) is 7.24. The first kappa shape index (κ1) is 9.51. The minimum atomic E-state index is -4.51. The molecule has 0 radical (unpaired) electrons. The Bertz CT molecular complexity index is 290. The smallest absolute Gasteiger partial charge is 0.334 e. The molecule has 0 aromatic carbocycles. The Morgan fingerprint density at radius 3 is 2.57 bits per heavy atom. The molecule has 0 spiro atoms. The van der Waals surface area contributed by atoms with Crippen molar-refractivity contribution in [3.05, 3.63) is 18.7 Å². The van der Waals surface area contributed by atoms with Crippen LogP contribution >= 0.6 is 0 Å². The van der Waals surface area contributed by atoms with Crippen molar-refractivity contribution in [2.24, 2.45) is 0 Å². The highest BCUT2D eigenvalue weighted by Crippen LogP contribution is 2.37. The molecule has 1 heterocycles. The molecule has 1 fully saturated rings. The fourth-order valence-electron chi connectivity index (χ4n) is 1.55. The summed E-state index contributed by atoms with van der Waals surface area (Å²) in [5.41, 5.74) is 0. The summed E-state index contributed by atoms with van der Waals surface area (Å²) in [6, 6.07) is 0.102. The van der Waals surface area contributed by atoms with Crippen LogP contribution < -0.4 is 0 Å². The standard InChI is InChI=1S/C8H9F3N2O/c9-8(10,11)14-7-3-6(4-7)13-2-1-12-5-13/h1-2,5-7H,3-4H2. The van der Waals surface area contributed by atoms with Crippen LogP contribution in [-0.4, -0.2) is 22.0 Å². The number of alkyl halides is 3. The van der Waals surface area contributed by atoms with E-state index in [1.807, 2.05) is 0 Å². The van der Waals surface area contributed by atoms with Gasteiger partial charge in [0.25, 0.3) is 0 Å². The maximum atomic E-state index is 11.8. The van der Waals surface area contributed by atoms with E-state index in [9.17, 15) is 13.2 Å². The van der Waals surface area contributed by atoms with E-state index in [4.69, 9.17) is 0 Å². The summed E-state index contributed by atoms with van der Waals surface area (Å²) in [6.07, 6.45) is 0.555. The first-order valence-electron chi connectivity index (χ1n) is 4.26. The van der Waals surface area contributed by atoms with Crippen molar-refractivity contribution in [1.82, 2.24) is 9.55 Å². The van der Waals surface area contributed by atoms with Crippen LogP contribution in [0.1, 0.15) is 18.9 Å². The Morgan fingerprint density at radius 2 is 2.07 bits per heavy atom. The van der Waals surface area contributed by atoms with Gasteiger partial charge in [0.05, 0.1) is 12.4 Å². The number of halogens is 3. The lowest BCUT2D eigenvalue weighted by atomic mass is 9.89. The molecule has 0 bridgehead atoms. The van der Waals surface area contributed by atoms with Crippen LogP contribution in [0.4, 0.5) is 13.2 Å². The van der Waals surface area contributed by atoms with Gasteiger partial charge in [0.2, 0.25) is 0 Å². The van der Waals surface area contributed by atoms with Crippen molar-refractivity contribution >= 4 is 0 Å². The fourth-order valence-corrected chi connectivity index (χ4v) is 1.55. The third-order valence-corrected chi connectivity index (χ3v) is 2.32. The summed E-state index contributed by atoms with van der Waals surface area (Å²) in [4.78, 5) is 3.82. The maximum absolute atomic E-state index is 11.8. The second kappa shape index (κ2) is 3.27. The average molecular weight is 206 g/mol. The molecule has 14 heavy (non-hydrogen) atoms. The van der Waals surface area contributed by atoms with Crippen molar-refractivity contribution < 1.29 is 17.9 Å². The first-order valence-corrected chi connectivity index (χ1v) is 4.26. The minimum absolute atomic E-state index is 0.102. The monoisotopic (exact) mass is 206 g/mol. The predicted molar refractivity (Wildman–Crippen MR) is 41.4 cm³/mol. The zero-order chi connectivity index (χ0) is 10.2. The number of rotatable bonds is 2. The number of hydrogen-bond acceptors (Lipinski definition) is 2. The third kappa shape index (κ3) is 2.06. The van der Waals surface area contributed by atoms with Gasteiger partial charge >= 0.3 is 6.36 Å². The molecule has 1 aromatic rings. The Labute approximate surface area is 78.5 Å². The molecule has 0 amide bonds. The molecule has 0 saturated heterocycles. The summed E-state index contributed by atoms with van der Waals surface area (Å²) in [6.45, 7) is 0. The molecule has 6 heteroatoms. The summed E-state index contributed by atoms with van der Waals surface area (Å²) in [5.74, 6) is 0. The molecular weight excluding hydrogens is 197 g/mol. The average Bonchev–Trinajstić information content (AvgIpc) is 2.45. The summed E-state index contributed by atoms with van der Waals surface area (Å²) < 4.78 is 40.9. The van der Waals surface area contributed by atoms with Crippen molar-refractivity contribution in [1.29, 1.82) is 0 Å². The van der Waals surface area contributed by atoms with E-state index in [-0.39, 0.29) is 6.04 Å². The van der Waals surface area contributed by atoms with Crippen LogP contribution in [0.3, 0.4) is 0 Å². The van der Waals surface area contributed by atoms with E-state index in [2.05, 4.69) is 9.72 Å². The van der Waals surface area contributed by atoms with Gasteiger partial charge < -0.3 is 4.57 Å².